The van der Waals surface area contributed by atoms with Crippen molar-refractivity contribution in [2.24, 2.45) is 0 Å². The Bertz CT molecular complexity index is 968. The fraction of sp³-hybridized carbons (Fsp3) is 0.400. The average Bonchev–Trinajstić information content (AvgIpc) is 3.08. The number of nitrogens with zero attached hydrogens (tertiary/aromatic N) is 6. The van der Waals surface area contributed by atoms with Gasteiger partial charge in [0.2, 0.25) is 0 Å². The Kier molecular flexibility index (Phi) is 4.29. The molecular formula is C20H22N6. The summed E-state index contributed by atoms with van der Waals surface area (Å²) < 4.78 is 2.35. The number of aromatic nitrogens is 4. The van der Waals surface area contributed by atoms with Gasteiger partial charge in [-0.2, -0.15) is 5.26 Å². The van der Waals surface area contributed by atoms with Crippen LogP contribution in [0.4, 0.5) is 5.82 Å². The van der Waals surface area contributed by atoms with Gasteiger partial charge >= 0.3 is 0 Å². The molecule has 1 unspecified atom stereocenters. The molecule has 26 heavy (non-hydrogen) atoms. The second kappa shape index (κ2) is 6.75. The quantitative estimate of drug-likeness (QED) is 0.724. The molecule has 0 saturated carbocycles. The molecule has 132 valence electrons. The maximum Gasteiger partial charge on any atom is 0.183 e. The van der Waals surface area contributed by atoms with Crippen LogP contribution in [0.3, 0.4) is 0 Å². The van der Waals surface area contributed by atoms with Gasteiger partial charge in [-0.3, -0.25) is 0 Å². The smallest absolute Gasteiger partial charge is 0.183 e. The number of rotatable bonds is 3. The van der Waals surface area contributed by atoms with E-state index in [1.54, 1.807) is 12.4 Å². The Hall–Kier alpha value is -2.94. The summed E-state index contributed by atoms with van der Waals surface area (Å²) in [5.74, 6) is 2.13. The second-order valence-electron chi connectivity index (χ2n) is 7.05. The molecule has 0 radical (unpaired) electrons. The molecule has 1 aliphatic rings. The van der Waals surface area contributed by atoms with E-state index in [4.69, 9.17) is 4.98 Å². The van der Waals surface area contributed by atoms with Crippen molar-refractivity contribution in [2.75, 3.05) is 18.0 Å². The maximum absolute atomic E-state index is 9.35. The van der Waals surface area contributed by atoms with Gasteiger partial charge in [0, 0.05) is 37.4 Å². The first-order valence-electron chi connectivity index (χ1n) is 9.12. The van der Waals surface area contributed by atoms with E-state index in [1.165, 1.54) is 5.52 Å². The number of imidazole rings is 1. The average molecular weight is 346 g/mol. The van der Waals surface area contributed by atoms with Crippen molar-refractivity contribution < 1.29 is 0 Å². The normalized spacial score (nSPS) is 17.6. The molecule has 2 aromatic heterocycles. The Morgan fingerprint density at radius 3 is 2.81 bits per heavy atom. The third-order valence-electron chi connectivity index (χ3n) is 5.01. The van der Waals surface area contributed by atoms with Gasteiger partial charge in [0.1, 0.15) is 11.9 Å². The zero-order valence-corrected chi connectivity index (χ0v) is 15.1. The first-order valence-corrected chi connectivity index (χ1v) is 9.12. The molecule has 0 spiro atoms. The summed E-state index contributed by atoms with van der Waals surface area (Å²) in [5.41, 5.74) is 2.63. The van der Waals surface area contributed by atoms with Crippen LogP contribution in [0.1, 0.15) is 50.2 Å². The van der Waals surface area contributed by atoms with E-state index in [9.17, 15) is 5.26 Å². The van der Waals surface area contributed by atoms with Crippen molar-refractivity contribution >= 4 is 16.9 Å². The van der Waals surface area contributed by atoms with E-state index >= 15 is 0 Å². The summed E-state index contributed by atoms with van der Waals surface area (Å²) in [6.45, 7) is 6.11. The molecule has 4 rings (SSSR count). The maximum atomic E-state index is 9.35. The fourth-order valence-electron chi connectivity index (χ4n) is 3.92. The standard InChI is InChI=1S/C20H22N6/c1-14(2)26-18-8-4-3-7-16(18)24-19(26)15-6-5-11-25(13-15)20-17(12-21)22-9-10-23-20/h3-4,7-10,14-15H,5-6,11,13H2,1-2H3. The minimum absolute atomic E-state index is 0.312. The van der Waals surface area contributed by atoms with Crippen molar-refractivity contribution in [3.8, 4) is 6.07 Å². The van der Waals surface area contributed by atoms with Gasteiger partial charge < -0.3 is 9.47 Å². The van der Waals surface area contributed by atoms with Crippen LogP contribution in [-0.4, -0.2) is 32.6 Å². The number of benzene rings is 1. The van der Waals surface area contributed by atoms with E-state index in [-0.39, 0.29) is 0 Å². The minimum atomic E-state index is 0.312. The summed E-state index contributed by atoms with van der Waals surface area (Å²) >= 11 is 0. The van der Waals surface area contributed by atoms with Crippen LogP contribution < -0.4 is 4.90 Å². The monoisotopic (exact) mass is 346 g/mol. The molecule has 1 fully saturated rings. The molecule has 6 heteroatoms. The van der Waals surface area contributed by atoms with Gasteiger partial charge in [-0.1, -0.05) is 12.1 Å². The van der Waals surface area contributed by atoms with Crippen LogP contribution in [0.2, 0.25) is 0 Å². The summed E-state index contributed by atoms with van der Waals surface area (Å²) in [5, 5.41) is 9.35. The number of anilines is 1. The molecule has 3 aromatic rings. The lowest BCUT2D eigenvalue weighted by atomic mass is 9.96. The zero-order chi connectivity index (χ0) is 18.1. The number of fused-ring (bicyclic) bond motifs is 1. The molecule has 1 atom stereocenters. The predicted octanol–water partition coefficient (Wildman–Crippen LogP) is 3.66. The van der Waals surface area contributed by atoms with Gasteiger partial charge in [0.15, 0.2) is 11.5 Å². The Balaban J connectivity index is 1.72. The van der Waals surface area contributed by atoms with Gasteiger partial charge in [-0.25, -0.2) is 15.0 Å². The summed E-state index contributed by atoms with van der Waals surface area (Å²) in [4.78, 5) is 15.7. The highest BCUT2D eigenvalue weighted by Gasteiger charge is 2.28. The van der Waals surface area contributed by atoms with Gasteiger partial charge in [-0.15, -0.1) is 0 Å². The first kappa shape index (κ1) is 16.5. The van der Waals surface area contributed by atoms with Crippen LogP contribution in [0, 0.1) is 11.3 Å². The van der Waals surface area contributed by atoms with Gasteiger partial charge in [0.05, 0.1) is 11.0 Å². The van der Waals surface area contributed by atoms with Crippen LogP contribution in [0.15, 0.2) is 36.7 Å². The van der Waals surface area contributed by atoms with Gasteiger partial charge in [0.25, 0.3) is 0 Å². The number of para-hydroxylation sites is 2. The summed E-state index contributed by atoms with van der Waals surface area (Å²) in [7, 11) is 0. The third kappa shape index (κ3) is 2.80. The Morgan fingerprint density at radius 1 is 1.19 bits per heavy atom. The largest absolute Gasteiger partial charge is 0.353 e. The second-order valence-corrected chi connectivity index (χ2v) is 7.05. The SMILES string of the molecule is CC(C)n1c(C2CCCN(c3nccnc3C#N)C2)nc2ccccc21. The minimum Gasteiger partial charge on any atom is -0.353 e. The van der Waals surface area contributed by atoms with Crippen molar-refractivity contribution in [1.29, 1.82) is 5.26 Å². The third-order valence-corrected chi connectivity index (χ3v) is 5.01. The van der Waals surface area contributed by atoms with E-state index in [0.29, 0.717) is 23.5 Å². The van der Waals surface area contributed by atoms with Crippen LogP contribution in [0.25, 0.3) is 11.0 Å². The molecule has 1 saturated heterocycles. The van der Waals surface area contributed by atoms with E-state index in [2.05, 4.69) is 57.6 Å². The molecule has 1 aliphatic heterocycles. The number of piperidine rings is 1. The van der Waals surface area contributed by atoms with Crippen LogP contribution >= 0.6 is 0 Å². The molecule has 1 aromatic carbocycles. The Morgan fingerprint density at radius 2 is 2.00 bits per heavy atom. The van der Waals surface area contributed by atoms with Crippen molar-refractivity contribution in [1.82, 2.24) is 19.5 Å². The number of nitriles is 1. The van der Waals surface area contributed by atoms with Crippen LogP contribution in [0.5, 0.6) is 0 Å². The van der Waals surface area contributed by atoms with E-state index in [1.807, 2.05) is 6.07 Å². The lowest BCUT2D eigenvalue weighted by Gasteiger charge is -2.34. The van der Waals surface area contributed by atoms with Crippen molar-refractivity contribution in [3.05, 3.63) is 48.2 Å². The number of hydrogen-bond acceptors (Lipinski definition) is 5. The summed E-state index contributed by atoms with van der Waals surface area (Å²) in [6, 6.07) is 10.8. The summed E-state index contributed by atoms with van der Waals surface area (Å²) in [6.07, 6.45) is 5.37. The first-order chi connectivity index (χ1) is 12.7. The molecular weight excluding hydrogens is 324 g/mol. The van der Waals surface area contributed by atoms with Crippen molar-refractivity contribution in [3.63, 3.8) is 0 Å². The molecule has 0 aliphatic carbocycles. The molecule has 6 nitrogen and oxygen atoms in total. The predicted molar refractivity (Wildman–Crippen MR) is 101 cm³/mol. The van der Waals surface area contributed by atoms with Crippen molar-refractivity contribution in [2.45, 2.75) is 38.6 Å². The number of hydrogen-bond donors (Lipinski definition) is 0. The molecule has 0 amide bonds. The van der Waals surface area contributed by atoms with Crippen LogP contribution in [-0.2, 0) is 0 Å². The molecule has 0 N–H and O–H groups in total. The molecule has 3 heterocycles. The van der Waals surface area contributed by atoms with Gasteiger partial charge in [-0.05, 0) is 38.8 Å². The fourth-order valence-corrected chi connectivity index (χ4v) is 3.92. The highest BCUT2D eigenvalue weighted by Crippen LogP contribution is 2.33. The highest BCUT2D eigenvalue weighted by molar-refractivity contribution is 5.76. The lowest BCUT2D eigenvalue weighted by molar-refractivity contribution is 0.457. The van der Waals surface area contributed by atoms with E-state index < -0.39 is 0 Å². The lowest BCUT2D eigenvalue weighted by Crippen LogP contribution is -2.36. The zero-order valence-electron chi connectivity index (χ0n) is 15.1. The van der Waals surface area contributed by atoms with E-state index in [0.717, 1.165) is 37.3 Å². The highest BCUT2D eigenvalue weighted by atomic mass is 15.2. The topological polar surface area (TPSA) is 70.6 Å². The molecule has 0 bridgehead atoms. The Labute approximate surface area is 153 Å².